The van der Waals surface area contributed by atoms with Crippen molar-refractivity contribution in [1.29, 1.82) is 0 Å². The summed E-state index contributed by atoms with van der Waals surface area (Å²) in [6, 6.07) is 6.83. The van der Waals surface area contributed by atoms with Crippen LogP contribution in [0.3, 0.4) is 0 Å². The maximum atomic E-state index is 14.0. The van der Waals surface area contributed by atoms with Gasteiger partial charge in [0, 0.05) is 5.92 Å². The van der Waals surface area contributed by atoms with Crippen molar-refractivity contribution < 1.29 is 18.3 Å². The van der Waals surface area contributed by atoms with E-state index in [0.29, 0.717) is 22.9 Å². The minimum atomic E-state index is -0.495. The van der Waals surface area contributed by atoms with Crippen molar-refractivity contribution in [3.05, 3.63) is 58.1 Å². The van der Waals surface area contributed by atoms with E-state index in [1.54, 1.807) is 12.1 Å². The summed E-state index contributed by atoms with van der Waals surface area (Å²) in [6.45, 7) is 0.173. The molecule has 2 aromatic rings. The Hall–Kier alpha value is -1.85. The van der Waals surface area contributed by atoms with Crippen molar-refractivity contribution in [3.63, 3.8) is 0 Å². The van der Waals surface area contributed by atoms with E-state index >= 15 is 0 Å². The van der Waals surface area contributed by atoms with Gasteiger partial charge in [-0.2, -0.15) is 0 Å². The second kappa shape index (κ2) is 7.62. The molecule has 0 aromatic heterocycles. The van der Waals surface area contributed by atoms with Gasteiger partial charge in [0.2, 0.25) is 0 Å². The maximum Gasteiger partial charge on any atom is 0.179 e. The molecule has 0 spiro atoms. The summed E-state index contributed by atoms with van der Waals surface area (Å²) in [5, 5.41) is 0.386. The molecule has 1 atom stereocenters. The molecule has 2 aromatic carbocycles. The van der Waals surface area contributed by atoms with Crippen LogP contribution in [0.15, 0.2) is 30.3 Å². The monoisotopic (exact) mass is 341 g/mol. The molecule has 0 amide bonds. The normalized spacial score (nSPS) is 12.1. The summed E-state index contributed by atoms with van der Waals surface area (Å²) in [7, 11) is 3.00. The Kier molecular flexibility index (Phi) is 5.80. The van der Waals surface area contributed by atoms with Crippen LogP contribution in [0.4, 0.5) is 8.78 Å². The Morgan fingerprint density at radius 1 is 1.13 bits per heavy atom. The van der Waals surface area contributed by atoms with E-state index in [1.165, 1.54) is 20.3 Å². The third-order valence-electron chi connectivity index (χ3n) is 3.66. The molecule has 0 fully saturated rings. The second-order valence-electron chi connectivity index (χ2n) is 5.12. The van der Waals surface area contributed by atoms with Gasteiger partial charge in [0.15, 0.2) is 11.5 Å². The number of rotatable bonds is 6. The minimum Gasteiger partial charge on any atom is -0.493 e. The Bertz CT molecular complexity index is 695. The zero-order valence-corrected chi connectivity index (χ0v) is 13.7. The smallest absolute Gasteiger partial charge is 0.179 e. The van der Waals surface area contributed by atoms with Crippen LogP contribution in [0.1, 0.15) is 17.0 Å². The predicted molar refractivity (Wildman–Crippen MR) is 86.4 cm³/mol. The summed E-state index contributed by atoms with van der Waals surface area (Å²) in [5.41, 5.74) is 6.80. The summed E-state index contributed by atoms with van der Waals surface area (Å²) in [5.74, 6) is -0.442. The second-order valence-corrected chi connectivity index (χ2v) is 5.52. The quantitative estimate of drug-likeness (QED) is 0.866. The Labute approximate surface area is 139 Å². The number of benzene rings is 2. The molecule has 0 heterocycles. The lowest BCUT2D eigenvalue weighted by Crippen LogP contribution is -2.16. The van der Waals surface area contributed by atoms with Crippen molar-refractivity contribution in [3.8, 4) is 11.5 Å². The standard InChI is InChI=1S/C17H18ClF2NO2/c1-22-16-7-10(6-14(18)17(16)23-2)5-11(9-21)13-8-12(19)3-4-15(13)20/h3-4,6-8,11H,5,9,21H2,1-2H3. The molecule has 1 unspecified atom stereocenters. The average Bonchev–Trinajstić information content (AvgIpc) is 2.54. The number of methoxy groups -OCH3 is 2. The molecule has 0 radical (unpaired) electrons. The van der Waals surface area contributed by atoms with Crippen LogP contribution in [0, 0.1) is 11.6 Å². The average molecular weight is 342 g/mol. The molecule has 124 valence electrons. The zero-order chi connectivity index (χ0) is 17.0. The lowest BCUT2D eigenvalue weighted by Gasteiger charge is -2.18. The molecule has 3 nitrogen and oxygen atoms in total. The van der Waals surface area contributed by atoms with Crippen LogP contribution in [-0.4, -0.2) is 20.8 Å². The molecule has 0 bridgehead atoms. The van der Waals surface area contributed by atoms with Gasteiger partial charge >= 0.3 is 0 Å². The number of nitrogens with two attached hydrogens (primary N) is 1. The summed E-state index contributed by atoms with van der Waals surface area (Å²) in [4.78, 5) is 0. The van der Waals surface area contributed by atoms with Crippen LogP contribution in [0.25, 0.3) is 0 Å². The number of hydrogen-bond acceptors (Lipinski definition) is 3. The molecule has 0 aliphatic rings. The zero-order valence-electron chi connectivity index (χ0n) is 12.9. The molecular weight excluding hydrogens is 324 g/mol. The first kappa shape index (κ1) is 17.5. The van der Waals surface area contributed by atoms with Crippen LogP contribution < -0.4 is 15.2 Å². The third-order valence-corrected chi connectivity index (χ3v) is 3.94. The van der Waals surface area contributed by atoms with E-state index < -0.39 is 11.6 Å². The molecule has 0 aliphatic carbocycles. The highest BCUT2D eigenvalue weighted by Gasteiger charge is 2.18. The van der Waals surface area contributed by atoms with Crippen molar-refractivity contribution in [2.45, 2.75) is 12.3 Å². The van der Waals surface area contributed by atoms with Gasteiger partial charge in [-0.05, 0) is 54.4 Å². The Morgan fingerprint density at radius 2 is 1.87 bits per heavy atom. The van der Waals surface area contributed by atoms with E-state index in [2.05, 4.69) is 0 Å². The Morgan fingerprint density at radius 3 is 2.48 bits per heavy atom. The van der Waals surface area contributed by atoms with E-state index in [4.69, 9.17) is 26.8 Å². The SMILES string of the molecule is COc1cc(CC(CN)c2cc(F)ccc2F)cc(Cl)c1OC. The van der Waals surface area contributed by atoms with Crippen molar-refractivity contribution in [2.24, 2.45) is 5.73 Å². The minimum absolute atomic E-state index is 0.173. The molecule has 6 heteroatoms. The fraction of sp³-hybridized carbons (Fsp3) is 0.294. The van der Waals surface area contributed by atoms with Crippen molar-refractivity contribution >= 4 is 11.6 Å². The summed E-state index contributed by atoms with van der Waals surface area (Å²) >= 11 is 6.17. The molecular formula is C17H18ClF2NO2. The molecule has 0 saturated carbocycles. The van der Waals surface area contributed by atoms with Crippen LogP contribution in [-0.2, 0) is 6.42 Å². The van der Waals surface area contributed by atoms with Crippen LogP contribution >= 0.6 is 11.6 Å². The molecule has 2 rings (SSSR count). The van der Waals surface area contributed by atoms with E-state index in [-0.39, 0.29) is 18.0 Å². The summed E-state index contributed by atoms with van der Waals surface area (Å²) in [6.07, 6.45) is 0.400. The van der Waals surface area contributed by atoms with E-state index in [1.807, 2.05) is 0 Å². The van der Waals surface area contributed by atoms with Gasteiger partial charge in [-0.15, -0.1) is 0 Å². The topological polar surface area (TPSA) is 44.5 Å². The highest BCUT2D eigenvalue weighted by molar-refractivity contribution is 6.32. The predicted octanol–water partition coefficient (Wildman–Crippen LogP) is 3.92. The first-order chi connectivity index (χ1) is 11.0. The summed E-state index contributed by atoms with van der Waals surface area (Å²) < 4.78 is 37.8. The highest BCUT2D eigenvalue weighted by Crippen LogP contribution is 2.37. The number of ether oxygens (including phenoxy) is 2. The maximum absolute atomic E-state index is 14.0. The van der Waals surface area contributed by atoms with Gasteiger partial charge < -0.3 is 15.2 Å². The van der Waals surface area contributed by atoms with Gasteiger partial charge in [0.1, 0.15) is 11.6 Å². The lowest BCUT2D eigenvalue weighted by molar-refractivity contribution is 0.354. The first-order valence-electron chi connectivity index (χ1n) is 7.05. The van der Waals surface area contributed by atoms with Gasteiger partial charge in [0.05, 0.1) is 19.2 Å². The van der Waals surface area contributed by atoms with Crippen molar-refractivity contribution in [1.82, 2.24) is 0 Å². The van der Waals surface area contributed by atoms with Crippen LogP contribution in [0.5, 0.6) is 11.5 Å². The molecule has 0 aliphatic heterocycles. The number of hydrogen-bond donors (Lipinski definition) is 1. The van der Waals surface area contributed by atoms with E-state index in [0.717, 1.165) is 17.7 Å². The fourth-order valence-corrected chi connectivity index (χ4v) is 2.83. The fourth-order valence-electron chi connectivity index (χ4n) is 2.52. The largest absolute Gasteiger partial charge is 0.493 e. The third kappa shape index (κ3) is 3.92. The van der Waals surface area contributed by atoms with E-state index in [9.17, 15) is 8.78 Å². The Balaban J connectivity index is 2.35. The molecule has 0 saturated heterocycles. The molecule has 2 N–H and O–H groups in total. The highest BCUT2D eigenvalue weighted by atomic mass is 35.5. The van der Waals surface area contributed by atoms with Gasteiger partial charge in [-0.1, -0.05) is 11.6 Å². The molecule has 23 heavy (non-hydrogen) atoms. The van der Waals surface area contributed by atoms with Gasteiger partial charge in [-0.25, -0.2) is 8.78 Å². The lowest BCUT2D eigenvalue weighted by atomic mass is 9.91. The van der Waals surface area contributed by atoms with Crippen LogP contribution in [0.2, 0.25) is 5.02 Å². The van der Waals surface area contributed by atoms with Crippen molar-refractivity contribution in [2.75, 3.05) is 20.8 Å². The van der Waals surface area contributed by atoms with Gasteiger partial charge in [0.25, 0.3) is 0 Å². The van der Waals surface area contributed by atoms with Gasteiger partial charge in [-0.3, -0.25) is 0 Å². The first-order valence-corrected chi connectivity index (χ1v) is 7.43. The number of halogens is 3.